The third-order valence-electron chi connectivity index (χ3n) is 5.20. The molecule has 8 heteroatoms. The highest BCUT2D eigenvalue weighted by atomic mass is 32.2. The van der Waals surface area contributed by atoms with Gasteiger partial charge in [0.15, 0.2) is 0 Å². The topological polar surface area (TPSA) is 87.7 Å². The Hall–Kier alpha value is -2.26. The lowest BCUT2D eigenvalue weighted by Crippen LogP contribution is -2.24. The maximum Gasteiger partial charge on any atom is 0.262 e. The van der Waals surface area contributed by atoms with Crippen molar-refractivity contribution >= 4 is 15.9 Å². The first-order chi connectivity index (χ1) is 14.5. The van der Waals surface area contributed by atoms with E-state index in [1.165, 1.54) is 75.7 Å². The smallest absolute Gasteiger partial charge is 0.262 e. The van der Waals surface area contributed by atoms with Crippen LogP contribution in [-0.4, -0.2) is 39.4 Å². The van der Waals surface area contributed by atoms with Crippen LogP contribution < -0.4 is 10.2 Å². The molecule has 0 saturated carbocycles. The maximum absolute atomic E-state index is 12.4. The molecule has 1 aliphatic heterocycles. The van der Waals surface area contributed by atoms with Crippen molar-refractivity contribution in [3.63, 3.8) is 0 Å². The molecule has 0 aliphatic carbocycles. The molecule has 162 valence electrons. The fourth-order valence-electron chi connectivity index (χ4n) is 3.54. The van der Waals surface area contributed by atoms with Gasteiger partial charge in [-0.3, -0.25) is 14.5 Å². The molecule has 0 spiro atoms. The summed E-state index contributed by atoms with van der Waals surface area (Å²) in [4.78, 5) is 21.3. The standard InChI is InChI=1S/C22H29N3O4S/c1-29-24-30(27,28)21-12-10-20(11-13-21)22(26)23-16-18-6-8-19(9-7-18)17-25-14-4-2-3-5-15-25/h6-13,24H,2-5,14-17H2,1H3,(H,23,26). The normalized spacial score (nSPS) is 15.5. The average Bonchev–Trinajstić information content (AvgIpc) is 3.02. The van der Waals surface area contributed by atoms with Crippen molar-refractivity contribution < 1.29 is 18.0 Å². The summed E-state index contributed by atoms with van der Waals surface area (Å²) >= 11 is 0. The number of sulfonamides is 1. The summed E-state index contributed by atoms with van der Waals surface area (Å²) in [7, 11) is -2.51. The Morgan fingerprint density at radius 1 is 0.933 bits per heavy atom. The number of hydrogen-bond acceptors (Lipinski definition) is 5. The zero-order valence-corrected chi connectivity index (χ0v) is 18.1. The lowest BCUT2D eigenvalue weighted by molar-refractivity contribution is 0.0951. The molecule has 0 unspecified atom stereocenters. The van der Waals surface area contributed by atoms with E-state index in [1.807, 2.05) is 17.0 Å². The van der Waals surface area contributed by atoms with E-state index in [1.54, 1.807) is 0 Å². The second kappa shape index (κ2) is 10.7. The molecule has 0 aromatic heterocycles. The van der Waals surface area contributed by atoms with Crippen molar-refractivity contribution in [2.24, 2.45) is 0 Å². The maximum atomic E-state index is 12.4. The summed E-state index contributed by atoms with van der Waals surface area (Å²) in [5.41, 5.74) is 2.70. The van der Waals surface area contributed by atoms with E-state index in [4.69, 9.17) is 0 Å². The van der Waals surface area contributed by atoms with Gasteiger partial charge in [-0.05, 0) is 61.3 Å². The Balaban J connectivity index is 1.51. The van der Waals surface area contributed by atoms with E-state index >= 15 is 0 Å². The number of hydrogen-bond donors (Lipinski definition) is 2. The van der Waals surface area contributed by atoms with Gasteiger partial charge in [0, 0.05) is 18.7 Å². The summed E-state index contributed by atoms with van der Waals surface area (Å²) in [5, 5.41) is 2.87. The van der Waals surface area contributed by atoms with Crippen molar-refractivity contribution in [3.05, 3.63) is 65.2 Å². The van der Waals surface area contributed by atoms with E-state index < -0.39 is 10.0 Å². The van der Waals surface area contributed by atoms with E-state index in [9.17, 15) is 13.2 Å². The minimum atomic E-state index is -3.73. The first-order valence-corrected chi connectivity index (χ1v) is 11.7. The number of likely N-dealkylation sites (tertiary alicyclic amines) is 1. The molecule has 30 heavy (non-hydrogen) atoms. The van der Waals surface area contributed by atoms with E-state index in [-0.39, 0.29) is 10.8 Å². The molecular weight excluding hydrogens is 402 g/mol. The lowest BCUT2D eigenvalue weighted by Gasteiger charge is -2.19. The van der Waals surface area contributed by atoms with Gasteiger partial charge in [0.2, 0.25) is 0 Å². The van der Waals surface area contributed by atoms with Crippen LogP contribution in [0.5, 0.6) is 0 Å². The molecule has 1 amide bonds. The van der Waals surface area contributed by atoms with Gasteiger partial charge in [0.25, 0.3) is 15.9 Å². The highest BCUT2D eigenvalue weighted by Crippen LogP contribution is 2.14. The highest BCUT2D eigenvalue weighted by molar-refractivity contribution is 7.89. The minimum Gasteiger partial charge on any atom is -0.348 e. The second-order valence-electron chi connectivity index (χ2n) is 7.50. The molecule has 1 saturated heterocycles. The quantitative estimate of drug-likeness (QED) is 0.628. The van der Waals surface area contributed by atoms with E-state index in [0.717, 1.165) is 12.1 Å². The molecule has 2 N–H and O–H groups in total. The van der Waals surface area contributed by atoms with Gasteiger partial charge in [0.1, 0.15) is 0 Å². The molecule has 1 heterocycles. The van der Waals surface area contributed by atoms with E-state index in [2.05, 4.69) is 27.2 Å². The van der Waals surface area contributed by atoms with Crippen LogP contribution in [0.25, 0.3) is 0 Å². The molecular formula is C22H29N3O4S. The summed E-state index contributed by atoms with van der Waals surface area (Å²) in [5.74, 6) is -0.257. The Labute approximate surface area is 178 Å². The molecule has 2 aromatic rings. The van der Waals surface area contributed by atoms with Crippen LogP contribution in [0.15, 0.2) is 53.4 Å². The Morgan fingerprint density at radius 2 is 1.53 bits per heavy atom. The van der Waals surface area contributed by atoms with Crippen LogP contribution in [0.1, 0.15) is 47.2 Å². The van der Waals surface area contributed by atoms with Gasteiger partial charge in [-0.1, -0.05) is 42.0 Å². The first-order valence-electron chi connectivity index (χ1n) is 10.2. The van der Waals surface area contributed by atoms with Crippen LogP contribution in [0.2, 0.25) is 0 Å². The summed E-state index contributed by atoms with van der Waals surface area (Å²) in [6.45, 7) is 3.72. The molecule has 2 aromatic carbocycles. The Kier molecular flexibility index (Phi) is 7.98. The van der Waals surface area contributed by atoms with Gasteiger partial charge >= 0.3 is 0 Å². The molecule has 0 atom stereocenters. The molecule has 1 aliphatic rings. The monoisotopic (exact) mass is 431 g/mol. The minimum absolute atomic E-state index is 0.0286. The van der Waals surface area contributed by atoms with Crippen LogP contribution in [-0.2, 0) is 28.0 Å². The predicted molar refractivity (Wildman–Crippen MR) is 115 cm³/mol. The van der Waals surface area contributed by atoms with Gasteiger partial charge < -0.3 is 5.32 Å². The highest BCUT2D eigenvalue weighted by Gasteiger charge is 2.14. The second-order valence-corrected chi connectivity index (χ2v) is 9.15. The summed E-state index contributed by atoms with van der Waals surface area (Å²) in [6, 6.07) is 14.0. The molecule has 0 bridgehead atoms. The van der Waals surface area contributed by atoms with E-state index in [0.29, 0.717) is 12.1 Å². The van der Waals surface area contributed by atoms with Crippen molar-refractivity contribution in [2.75, 3.05) is 20.2 Å². The molecule has 0 radical (unpaired) electrons. The summed E-state index contributed by atoms with van der Waals surface area (Å²) in [6.07, 6.45) is 5.22. The van der Waals surface area contributed by atoms with Gasteiger partial charge in [-0.25, -0.2) is 8.42 Å². The molecule has 3 rings (SSSR count). The third-order valence-corrected chi connectivity index (χ3v) is 6.48. The van der Waals surface area contributed by atoms with Crippen LogP contribution in [0.3, 0.4) is 0 Å². The van der Waals surface area contributed by atoms with Crippen LogP contribution in [0.4, 0.5) is 0 Å². The first kappa shape index (κ1) is 22.4. The number of benzene rings is 2. The number of carbonyl (C=O) groups is 1. The van der Waals surface area contributed by atoms with Crippen molar-refractivity contribution in [2.45, 2.75) is 43.7 Å². The molecule has 7 nitrogen and oxygen atoms in total. The molecule has 1 fully saturated rings. The van der Waals surface area contributed by atoms with Crippen LogP contribution in [0, 0.1) is 0 Å². The Bertz CT molecular complexity index is 920. The largest absolute Gasteiger partial charge is 0.348 e. The fourth-order valence-corrected chi connectivity index (χ4v) is 4.35. The van der Waals surface area contributed by atoms with Gasteiger partial charge in [-0.15, -0.1) is 0 Å². The Morgan fingerprint density at radius 3 is 2.13 bits per heavy atom. The van der Waals surface area contributed by atoms with Gasteiger partial charge in [0.05, 0.1) is 12.0 Å². The average molecular weight is 432 g/mol. The number of nitrogens with one attached hydrogen (secondary N) is 2. The number of nitrogens with zero attached hydrogens (tertiary/aromatic N) is 1. The van der Waals surface area contributed by atoms with Crippen molar-refractivity contribution in [1.29, 1.82) is 0 Å². The number of amides is 1. The third kappa shape index (κ3) is 6.37. The number of carbonyl (C=O) groups excluding carboxylic acids is 1. The SMILES string of the molecule is CONS(=O)(=O)c1ccc(C(=O)NCc2ccc(CN3CCCCCC3)cc2)cc1. The zero-order chi connectivity index (χ0) is 21.4. The van der Waals surface area contributed by atoms with Crippen molar-refractivity contribution in [1.82, 2.24) is 15.1 Å². The van der Waals surface area contributed by atoms with Gasteiger partial charge in [-0.2, -0.15) is 0 Å². The summed E-state index contributed by atoms with van der Waals surface area (Å²) < 4.78 is 23.7. The number of rotatable bonds is 8. The van der Waals surface area contributed by atoms with Crippen molar-refractivity contribution in [3.8, 4) is 0 Å². The zero-order valence-electron chi connectivity index (χ0n) is 17.3. The fraction of sp³-hybridized carbons (Fsp3) is 0.409. The predicted octanol–water partition coefficient (Wildman–Crippen LogP) is 2.83. The lowest BCUT2D eigenvalue weighted by atomic mass is 10.1. The van der Waals surface area contributed by atoms with Crippen LogP contribution >= 0.6 is 0 Å².